The van der Waals surface area contributed by atoms with Gasteiger partial charge in [-0.1, -0.05) is 36.4 Å². The molecule has 3 heteroatoms. The zero-order valence-corrected chi connectivity index (χ0v) is 12.0. The summed E-state index contributed by atoms with van der Waals surface area (Å²) in [6.45, 7) is 2.24. The maximum atomic E-state index is 8.68. The number of nitrogens with one attached hydrogen (secondary N) is 1. The summed E-state index contributed by atoms with van der Waals surface area (Å²) in [4.78, 5) is 0. The zero-order valence-electron chi connectivity index (χ0n) is 11.1. The first-order valence-corrected chi connectivity index (χ1v) is 7.92. The van der Waals surface area contributed by atoms with E-state index in [4.69, 9.17) is 5.11 Å². The average molecular weight is 275 g/mol. The Labute approximate surface area is 119 Å². The summed E-state index contributed by atoms with van der Waals surface area (Å²) in [7, 11) is 0. The van der Waals surface area contributed by atoms with Crippen molar-refractivity contribution in [2.45, 2.75) is 13.0 Å². The van der Waals surface area contributed by atoms with Gasteiger partial charge in [0.25, 0.3) is 0 Å². The van der Waals surface area contributed by atoms with E-state index in [2.05, 4.69) is 47.8 Å². The van der Waals surface area contributed by atoms with Gasteiger partial charge in [-0.25, -0.2) is 0 Å². The predicted molar refractivity (Wildman–Crippen MR) is 84.7 cm³/mol. The molecule has 19 heavy (non-hydrogen) atoms. The molecule has 0 aliphatic carbocycles. The number of aliphatic hydroxyl groups is 1. The minimum absolute atomic E-state index is 0.303. The Morgan fingerprint density at radius 2 is 1.84 bits per heavy atom. The van der Waals surface area contributed by atoms with Crippen LogP contribution in [0.5, 0.6) is 0 Å². The lowest BCUT2D eigenvalue weighted by molar-refractivity contribution is 0.296. The lowest BCUT2D eigenvalue weighted by Gasteiger charge is -2.06. The summed E-state index contributed by atoms with van der Waals surface area (Å²) in [5, 5.41) is 14.7. The van der Waals surface area contributed by atoms with Crippen LogP contribution in [-0.2, 0) is 6.54 Å². The number of thioether (sulfide) groups is 1. The van der Waals surface area contributed by atoms with Crippen LogP contribution in [0.4, 0.5) is 0 Å². The molecule has 102 valence electrons. The Balaban J connectivity index is 1.72. The Morgan fingerprint density at radius 3 is 2.68 bits per heavy atom. The fraction of sp³-hybridized carbons (Fsp3) is 0.375. The van der Waals surface area contributed by atoms with E-state index in [1.165, 1.54) is 16.3 Å². The summed E-state index contributed by atoms with van der Waals surface area (Å²) >= 11 is 1.89. The van der Waals surface area contributed by atoms with Crippen molar-refractivity contribution in [1.82, 2.24) is 5.32 Å². The number of aliphatic hydroxyl groups excluding tert-OH is 1. The molecule has 0 atom stereocenters. The Kier molecular flexibility index (Phi) is 6.21. The molecule has 0 saturated heterocycles. The van der Waals surface area contributed by atoms with E-state index in [0.717, 1.165) is 31.0 Å². The summed E-state index contributed by atoms with van der Waals surface area (Å²) in [6, 6.07) is 15.1. The smallest absolute Gasteiger partial charge is 0.0438 e. The van der Waals surface area contributed by atoms with E-state index >= 15 is 0 Å². The first kappa shape index (κ1) is 14.4. The van der Waals surface area contributed by atoms with Crippen molar-refractivity contribution in [2.24, 2.45) is 0 Å². The van der Waals surface area contributed by atoms with Crippen LogP contribution in [0.25, 0.3) is 10.8 Å². The minimum Gasteiger partial charge on any atom is -0.396 e. The van der Waals surface area contributed by atoms with Crippen molar-refractivity contribution >= 4 is 22.5 Å². The van der Waals surface area contributed by atoms with Crippen molar-refractivity contribution in [3.8, 4) is 0 Å². The highest BCUT2D eigenvalue weighted by Crippen LogP contribution is 2.15. The third-order valence-electron chi connectivity index (χ3n) is 3.01. The lowest BCUT2D eigenvalue weighted by Crippen LogP contribution is -2.16. The molecule has 0 bridgehead atoms. The van der Waals surface area contributed by atoms with Gasteiger partial charge in [0.1, 0.15) is 0 Å². The van der Waals surface area contributed by atoms with Gasteiger partial charge in [-0.2, -0.15) is 11.8 Å². The van der Waals surface area contributed by atoms with Gasteiger partial charge in [-0.15, -0.1) is 0 Å². The van der Waals surface area contributed by atoms with Crippen molar-refractivity contribution < 1.29 is 5.11 Å². The molecule has 0 aliphatic rings. The second-order valence-electron chi connectivity index (χ2n) is 4.55. The molecule has 0 saturated carbocycles. The second-order valence-corrected chi connectivity index (χ2v) is 5.77. The van der Waals surface area contributed by atoms with Gasteiger partial charge >= 0.3 is 0 Å². The van der Waals surface area contributed by atoms with E-state index in [9.17, 15) is 0 Å². The fourth-order valence-electron chi connectivity index (χ4n) is 1.99. The zero-order chi connectivity index (χ0) is 13.3. The monoisotopic (exact) mass is 275 g/mol. The highest BCUT2D eigenvalue weighted by Gasteiger charge is 1.96. The molecule has 0 aromatic heterocycles. The van der Waals surface area contributed by atoms with Gasteiger partial charge in [-0.05, 0) is 34.6 Å². The minimum atomic E-state index is 0.303. The van der Waals surface area contributed by atoms with Gasteiger partial charge in [0.15, 0.2) is 0 Å². The van der Waals surface area contributed by atoms with Gasteiger partial charge in [0.05, 0.1) is 0 Å². The standard InChI is InChI=1S/C16H21NOS/c18-9-3-10-19-11-8-17-13-14-6-7-15-4-1-2-5-16(15)12-14/h1-2,4-7,12,17-18H,3,8-11,13H2. The van der Waals surface area contributed by atoms with Crippen LogP contribution in [0, 0.1) is 0 Å². The Bertz CT molecular complexity index is 501. The maximum Gasteiger partial charge on any atom is 0.0438 e. The van der Waals surface area contributed by atoms with Crippen LogP contribution >= 0.6 is 11.8 Å². The van der Waals surface area contributed by atoms with Crippen LogP contribution in [0.1, 0.15) is 12.0 Å². The molecule has 0 radical (unpaired) electrons. The van der Waals surface area contributed by atoms with Crippen molar-refractivity contribution in [1.29, 1.82) is 0 Å². The molecule has 0 amide bonds. The maximum absolute atomic E-state index is 8.68. The van der Waals surface area contributed by atoms with Crippen LogP contribution < -0.4 is 5.32 Å². The molecule has 2 nitrogen and oxygen atoms in total. The topological polar surface area (TPSA) is 32.3 Å². The molecule has 2 N–H and O–H groups in total. The van der Waals surface area contributed by atoms with Crippen LogP contribution in [0.3, 0.4) is 0 Å². The first-order valence-electron chi connectivity index (χ1n) is 6.77. The molecular formula is C16H21NOS. The summed E-state index contributed by atoms with van der Waals surface area (Å²) in [5.74, 6) is 2.15. The Hall–Kier alpha value is -1.03. The number of fused-ring (bicyclic) bond motifs is 1. The quantitative estimate of drug-likeness (QED) is 0.726. The number of rotatable bonds is 8. The van der Waals surface area contributed by atoms with E-state index in [-0.39, 0.29) is 0 Å². The van der Waals surface area contributed by atoms with E-state index in [1.54, 1.807) is 0 Å². The highest BCUT2D eigenvalue weighted by molar-refractivity contribution is 7.99. The SMILES string of the molecule is OCCCSCCNCc1ccc2ccccc2c1. The fourth-order valence-corrected chi connectivity index (χ4v) is 2.82. The molecular weight excluding hydrogens is 254 g/mol. The molecule has 0 spiro atoms. The number of benzene rings is 2. The number of hydrogen-bond donors (Lipinski definition) is 2. The molecule has 0 heterocycles. The van der Waals surface area contributed by atoms with Crippen LogP contribution in [0.2, 0.25) is 0 Å². The lowest BCUT2D eigenvalue weighted by atomic mass is 10.1. The normalized spacial score (nSPS) is 11.0. The van der Waals surface area contributed by atoms with Gasteiger partial charge in [0, 0.05) is 25.4 Å². The third-order valence-corrected chi connectivity index (χ3v) is 4.08. The van der Waals surface area contributed by atoms with E-state index < -0.39 is 0 Å². The second kappa shape index (κ2) is 8.20. The van der Waals surface area contributed by atoms with Crippen molar-refractivity contribution in [3.63, 3.8) is 0 Å². The highest BCUT2D eigenvalue weighted by atomic mass is 32.2. The van der Waals surface area contributed by atoms with Crippen LogP contribution in [-0.4, -0.2) is 29.8 Å². The largest absolute Gasteiger partial charge is 0.396 e. The first-order chi connectivity index (χ1) is 9.40. The van der Waals surface area contributed by atoms with Gasteiger partial charge in [-0.3, -0.25) is 0 Å². The van der Waals surface area contributed by atoms with Crippen molar-refractivity contribution in [3.05, 3.63) is 48.0 Å². The molecule has 0 aliphatic heterocycles. The number of hydrogen-bond acceptors (Lipinski definition) is 3. The molecule has 0 unspecified atom stereocenters. The van der Waals surface area contributed by atoms with Crippen LogP contribution in [0.15, 0.2) is 42.5 Å². The summed E-state index contributed by atoms with van der Waals surface area (Å²) < 4.78 is 0. The summed E-state index contributed by atoms with van der Waals surface area (Å²) in [5.41, 5.74) is 1.33. The van der Waals surface area contributed by atoms with Gasteiger partial charge in [0.2, 0.25) is 0 Å². The van der Waals surface area contributed by atoms with Crippen molar-refractivity contribution in [2.75, 3.05) is 24.7 Å². The van der Waals surface area contributed by atoms with E-state index in [1.807, 2.05) is 11.8 Å². The third kappa shape index (κ3) is 4.86. The molecule has 0 fully saturated rings. The van der Waals surface area contributed by atoms with Gasteiger partial charge < -0.3 is 10.4 Å². The molecule has 2 aromatic carbocycles. The van der Waals surface area contributed by atoms with E-state index in [0.29, 0.717) is 6.61 Å². The Morgan fingerprint density at radius 1 is 1.00 bits per heavy atom. The summed E-state index contributed by atoms with van der Waals surface area (Å²) in [6.07, 6.45) is 0.898. The molecule has 2 rings (SSSR count). The molecule has 2 aromatic rings. The predicted octanol–water partition coefficient (Wildman–Crippen LogP) is 3.05. The average Bonchev–Trinajstić information content (AvgIpc) is 2.46.